The maximum Gasteiger partial charge on any atom is 0.337 e. The number of nitrogen functional groups attached to an aromatic ring is 3. The number of hydrogen-bond donors (Lipinski definition) is 5. The first-order valence-electron chi connectivity index (χ1n) is 8.52. The van der Waals surface area contributed by atoms with Gasteiger partial charge in [-0.25, -0.2) is 4.79 Å². The molecule has 3 aromatic rings. The van der Waals surface area contributed by atoms with Gasteiger partial charge < -0.3 is 27.4 Å². The van der Waals surface area contributed by atoms with Crippen LogP contribution in [0.3, 0.4) is 0 Å². The lowest BCUT2D eigenvalue weighted by atomic mass is 10.2. The molecule has 0 aliphatic heterocycles. The van der Waals surface area contributed by atoms with E-state index < -0.39 is 5.97 Å². The van der Waals surface area contributed by atoms with E-state index in [1.165, 1.54) is 18.2 Å². The van der Waals surface area contributed by atoms with E-state index in [0.717, 1.165) is 0 Å². The summed E-state index contributed by atoms with van der Waals surface area (Å²) in [6.07, 6.45) is 0.696. The van der Waals surface area contributed by atoms with Gasteiger partial charge >= 0.3 is 5.97 Å². The molecule has 0 aliphatic rings. The van der Waals surface area contributed by atoms with Gasteiger partial charge in [-0.3, -0.25) is 4.79 Å². The Bertz CT molecular complexity index is 1060. The molecule has 0 fully saturated rings. The minimum atomic E-state index is -1.05. The van der Waals surface area contributed by atoms with Crippen molar-refractivity contribution < 1.29 is 19.8 Å². The number of carbonyl (C=O) groups excluding carboxylic acids is 1. The normalized spacial score (nSPS) is 9.55. The van der Waals surface area contributed by atoms with Gasteiger partial charge in [0.2, 0.25) is 0 Å². The highest BCUT2D eigenvalue weighted by Gasteiger charge is 2.07. The quantitative estimate of drug-likeness (QED) is 0.265. The third kappa shape index (κ3) is 8.74. The van der Waals surface area contributed by atoms with Gasteiger partial charge in [0.15, 0.2) is 6.29 Å². The molecular weight excluding hydrogens is 465 g/mol. The number of aromatic carboxylic acids is 1. The molecule has 31 heavy (non-hydrogen) atoms. The smallest absolute Gasteiger partial charge is 0.337 e. The zero-order valence-corrected chi connectivity index (χ0v) is 18.3. The van der Waals surface area contributed by atoms with Crippen molar-refractivity contribution in [3.8, 4) is 0 Å². The monoisotopic (exact) mass is 483 g/mol. The fourth-order valence-electron chi connectivity index (χ4n) is 2.04. The van der Waals surface area contributed by atoms with Crippen LogP contribution in [0.1, 0.15) is 26.3 Å². The zero-order valence-electron chi connectivity index (χ0n) is 16.1. The Morgan fingerprint density at radius 3 is 1.71 bits per heavy atom. The number of carboxylic acids is 1. The molecule has 0 aliphatic carbocycles. The first-order valence-corrected chi connectivity index (χ1v) is 9.65. The van der Waals surface area contributed by atoms with Crippen molar-refractivity contribution in [2.75, 3.05) is 17.2 Å². The maximum absolute atomic E-state index is 10.4. The summed E-state index contributed by atoms with van der Waals surface area (Å²) in [6, 6.07) is 14.1. The van der Waals surface area contributed by atoms with Gasteiger partial charge in [0.25, 0.3) is 0 Å². The fourth-order valence-corrected chi connectivity index (χ4v) is 2.79. The Balaban J connectivity index is 0.000000233. The van der Waals surface area contributed by atoms with E-state index in [0.29, 0.717) is 44.5 Å². The van der Waals surface area contributed by atoms with Gasteiger partial charge in [-0.1, -0.05) is 40.9 Å². The fraction of sp³-hybridized carbons (Fsp3) is 0.0476. The third-order valence-corrected chi connectivity index (χ3v) is 4.61. The van der Waals surface area contributed by atoms with Crippen LogP contribution in [0, 0.1) is 0 Å². The number of aldehydes is 1. The van der Waals surface area contributed by atoms with Gasteiger partial charge in [-0.05, 0) is 54.1 Å². The van der Waals surface area contributed by atoms with Crippen molar-refractivity contribution in [2.24, 2.45) is 0 Å². The number of halogens is 3. The highest BCUT2D eigenvalue weighted by molar-refractivity contribution is 6.34. The van der Waals surface area contributed by atoms with Gasteiger partial charge in [0.1, 0.15) is 0 Å². The Morgan fingerprint density at radius 2 is 1.29 bits per heavy atom. The molecule has 0 spiro atoms. The van der Waals surface area contributed by atoms with E-state index in [1.54, 1.807) is 36.4 Å². The molecule has 0 saturated carbocycles. The lowest BCUT2D eigenvalue weighted by Crippen LogP contribution is -1.97. The van der Waals surface area contributed by atoms with Crippen molar-refractivity contribution >= 4 is 64.1 Å². The molecule has 3 rings (SSSR count). The van der Waals surface area contributed by atoms with Crippen LogP contribution in [0.4, 0.5) is 17.1 Å². The first-order chi connectivity index (χ1) is 14.6. The van der Waals surface area contributed by atoms with Crippen molar-refractivity contribution in [2.45, 2.75) is 6.61 Å². The molecule has 7 nitrogen and oxygen atoms in total. The van der Waals surface area contributed by atoms with Crippen LogP contribution in [0.25, 0.3) is 0 Å². The minimum Gasteiger partial charge on any atom is -0.478 e. The van der Waals surface area contributed by atoms with Gasteiger partial charge in [-0.2, -0.15) is 0 Å². The number of hydrogen-bond acceptors (Lipinski definition) is 6. The summed E-state index contributed by atoms with van der Waals surface area (Å²) >= 11 is 16.9. The Labute approximate surface area is 193 Å². The number of anilines is 3. The molecule has 164 valence electrons. The summed E-state index contributed by atoms with van der Waals surface area (Å²) < 4.78 is 0. The van der Waals surface area contributed by atoms with Crippen LogP contribution in [0.15, 0.2) is 54.6 Å². The number of carboxylic acid groups (broad SMARTS) is 1. The van der Waals surface area contributed by atoms with E-state index in [-0.39, 0.29) is 17.2 Å². The zero-order chi connectivity index (χ0) is 23.6. The van der Waals surface area contributed by atoms with Gasteiger partial charge in [0.05, 0.1) is 22.2 Å². The van der Waals surface area contributed by atoms with E-state index in [4.69, 9.17) is 62.2 Å². The number of nitrogens with two attached hydrogens (primary N) is 3. The lowest BCUT2D eigenvalue weighted by molar-refractivity contribution is 0.0697. The van der Waals surface area contributed by atoms with Crippen molar-refractivity contribution in [3.63, 3.8) is 0 Å². The van der Waals surface area contributed by atoms with Crippen LogP contribution >= 0.6 is 34.8 Å². The van der Waals surface area contributed by atoms with Crippen LogP contribution < -0.4 is 17.2 Å². The highest BCUT2D eigenvalue weighted by atomic mass is 35.5. The summed E-state index contributed by atoms with van der Waals surface area (Å²) in [6.45, 7) is -0.0425. The van der Waals surface area contributed by atoms with Crippen LogP contribution in [-0.4, -0.2) is 22.5 Å². The topological polar surface area (TPSA) is 153 Å². The second kappa shape index (κ2) is 12.7. The SMILES string of the molecule is Nc1ccc(C(=O)O)c(Cl)c1.Nc1ccc(C=O)c(Cl)c1.Nc1ccc(CO)c(Cl)c1. The predicted molar refractivity (Wildman–Crippen MR) is 126 cm³/mol. The molecule has 0 atom stereocenters. The van der Waals surface area contributed by atoms with E-state index in [2.05, 4.69) is 0 Å². The molecule has 8 N–H and O–H groups in total. The second-order valence-electron chi connectivity index (χ2n) is 5.95. The van der Waals surface area contributed by atoms with Gasteiger partial charge in [-0.15, -0.1) is 0 Å². The van der Waals surface area contributed by atoms with Crippen molar-refractivity contribution in [1.82, 2.24) is 0 Å². The molecule has 0 unspecified atom stereocenters. The molecule has 0 amide bonds. The first kappa shape index (κ1) is 26.1. The summed E-state index contributed by atoms with van der Waals surface area (Å²) in [5, 5.41) is 18.3. The molecule has 0 bridgehead atoms. The second-order valence-corrected chi connectivity index (χ2v) is 7.17. The molecule has 10 heteroatoms. The molecule has 3 aromatic carbocycles. The standard InChI is InChI=1S/C7H6ClNO2.C7H8ClNO.C7H6ClNO/c8-6-3-4(9)1-2-5(6)7(10)11;2*8-7-3-6(9)2-1-5(7)4-10/h1-3H,9H2,(H,10,11);1-3,10H,4,9H2;1-4H,9H2. The van der Waals surface area contributed by atoms with Crippen molar-refractivity contribution in [3.05, 3.63) is 86.4 Å². The molecule has 0 saturated heterocycles. The molecule has 0 heterocycles. The number of rotatable bonds is 3. The highest BCUT2D eigenvalue weighted by Crippen LogP contribution is 2.19. The van der Waals surface area contributed by atoms with Crippen molar-refractivity contribution in [1.29, 1.82) is 0 Å². The Hall–Kier alpha value is -2.97. The Kier molecular flexibility index (Phi) is 10.6. The van der Waals surface area contributed by atoms with E-state index >= 15 is 0 Å². The van der Waals surface area contributed by atoms with E-state index in [1.807, 2.05) is 0 Å². The van der Waals surface area contributed by atoms with Crippen LogP contribution in [0.2, 0.25) is 15.1 Å². The average Bonchev–Trinajstić information content (AvgIpc) is 2.69. The number of aliphatic hydroxyl groups excluding tert-OH is 1. The van der Waals surface area contributed by atoms with E-state index in [9.17, 15) is 9.59 Å². The number of benzene rings is 3. The van der Waals surface area contributed by atoms with Crippen LogP contribution in [0.5, 0.6) is 0 Å². The lowest BCUT2D eigenvalue weighted by Gasteiger charge is -1.99. The third-order valence-electron chi connectivity index (χ3n) is 3.62. The molecule has 0 radical (unpaired) electrons. The maximum atomic E-state index is 10.4. The van der Waals surface area contributed by atoms with Gasteiger partial charge in [0, 0.05) is 27.6 Å². The molecule has 0 aromatic heterocycles. The summed E-state index contributed by atoms with van der Waals surface area (Å²) in [5.41, 5.74) is 19.0. The predicted octanol–water partition coefficient (Wildman–Crippen LogP) is 4.77. The largest absolute Gasteiger partial charge is 0.478 e. The summed E-state index contributed by atoms with van der Waals surface area (Å²) in [4.78, 5) is 20.6. The van der Waals surface area contributed by atoms with Crippen LogP contribution in [-0.2, 0) is 6.61 Å². The Morgan fingerprint density at radius 1 is 0.806 bits per heavy atom. The number of aliphatic hydroxyl groups is 1. The average molecular weight is 485 g/mol. The number of carbonyl (C=O) groups is 2. The summed E-state index contributed by atoms with van der Waals surface area (Å²) in [5.74, 6) is -1.05. The minimum absolute atomic E-state index is 0.0425. The summed E-state index contributed by atoms with van der Waals surface area (Å²) in [7, 11) is 0. The molecular formula is C21H20Cl3N3O4.